The van der Waals surface area contributed by atoms with Gasteiger partial charge in [0.05, 0.1) is 5.69 Å². The van der Waals surface area contributed by atoms with Crippen LogP contribution in [-0.2, 0) is 5.41 Å². The molecule has 4 nitrogen and oxygen atoms in total. The Morgan fingerprint density at radius 3 is 2.35 bits per heavy atom. The highest BCUT2D eigenvalue weighted by Crippen LogP contribution is 2.28. The van der Waals surface area contributed by atoms with Gasteiger partial charge in [-0.05, 0) is 46.0 Å². The lowest BCUT2D eigenvalue weighted by Gasteiger charge is -2.19. The van der Waals surface area contributed by atoms with Gasteiger partial charge in [-0.1, -0.05) is 62.7 Å². The molecule has 0 unspecified atom stereocenters. The van der Waals surface area contributed by atoms with Crippen molar-refractivity contribution < 1.29 is 0 Å². The predicted molar refractivity (Wildman–Crippen MR) is 93.0 cm³/mol. The second-order valence-electron chi connectivity index (χ2n) is 6.63. The van der Waals surface area contributed by atoms with E-state index >= 15 is 0 Å². The van der Waals surface area contributed by atoms with Crippen LogP contribution >= 0.6 is 11.6 Å². The number of nitrogens with zero attached hydrogens (tertiary/aromatic N) is 4. The molecule has 2 aromatic carbocycles. The van der Waals surface area contributed by atoms with Gasteiger partial charge >= 0.3 is 0 Å². The van der Waals surface area contributed by atoms with Crippen LogP contribution in [0.15, 0.2) is 42.5 Å². The van der Waals surface area contributed by atoms with Gasteiger partial charge < -0.3 is 0 Å². The first kappa shape index (κ1) is 15.7. The monoisotopic (exact) mass is 326 g/mol. The predicted octanol–water partition coefficient (Wildman–Crippen LogP) is 4.59. The van der Waals surface area contributed by atoms with Crippen LogP contribution in [0.3, 0.4) is 0 Å². The lowest BCUT2D eigenvalue weighted by Crippen LogP contribution is -2.10. The molecule has 0 N–H and O–H groups in total. The standard InChI is InChI=1S/C18H19ClN4/c1-12-15(19)6-5-7-16(12)23-17(20-21-22-23)13-8-10-14(11-9-13)18(2,3)4/h5-11H,1-4H3. The summed E-state index contributed by atoms with van der Waals surface area (Å²) in [5.74, 6) is 0.704. The summed E-state index contributed by atoms with van der Waals surface area (Å²) in [6.45, 7) is 8.55. The first-order valence-corrected chi connectivity index (χ1v) is 7.90. The third kappa shape index (κ3) is 2.99. The SMILES string of the molecule is Cc1c(Cl)cccc1-n1nnnc1-c1ccc(C(C)(C)C)cc1. The number of halogens is 1. The largest absolute Gasteiger partial charge is 0.192 e. The van der Waals surface area contributed by atoms with Crippen molar-refractivity contribution >= 4 is 11.6 Å². The minimum atomic E-state index is 0.119. The summed E-state index contributed by atoms with van der Waals surface area (Å²) in [5.41, 5.74) is 4.21. The summed E-state index contributed by atoms with van der Waals surface area (Å²) in [6.07, 6.45) is 0. The van der Waals surface area contributed by atoms with Gasteiger partial charge in [0, 0.05) is 10.6 Å². The molecule has 0 atom stereocenters. The van der Waals surface area contributed by atoms with Crippen LogP contribution in [0.5, 0.6) is 0 Å². The molecule has 0 radical (unpaired) electrons. The molecule has 0 bridgehead atoms. The van der Waals surface area contributed by atoms with Crippen molar-refractivity contribution in [3.63, 3.8) is 0 Å². The molecule has 0 spiro atoms. The molecule has 3 rings (SSSR count). The Morgan fingerprint density at radius 1 is 1.00 bits per heavy atom. The fourth-order valence-corrected chi connectivity index (χ4v) is 2.64. The van der Waals surface area contributed by atoms with Gasteiger partial charge in [-0.2, -0.15) is 4.68 Å². The van der Waals surface area contributed by atoms with E-state index in [9.17, 15) is 0 Å². The maximum atomic E-state index is 6.22. The summed E-state index contributed by atoms with van der Waals surface area (Å²) < 4.78 is 1.73. The average molecular weight is 327 g/mol. The Morgan fingerprint density at radius 2 is 1.70 bits per heavy atom. The molecule has 5 heteroatoms. The highest BCUT2D eigenvalue weighted by molar-refractivity contribution is 6.31. The third-order valence-electron chi connectivity index (χ3n) is 3.95. The fraction of sp³-hybridized carbons (Fsp3) is 0.278. The first-order chi connectivity index (χ1) is 10.9. The van der Waals surface area contributed by atoms with E-state index in [2.05, 4.69) is 60.6 Å². The Bertz CT molecular complexity index is 829. The van der Waals surface area contributed by atoms with Crippen LogP contribution in [0.4, 0.5) is 0 Å². The summed E-state index contributed by atoms with van der Waals surface area (Å²) >= 11 is 6.22. The Balaban J connectivity index is 2.06. The van der Waals surface area contributed by atoms with Crippen molar-refractivity contribution in [3.05, 3.63) is 58.6 Å². The highest BCUT2D eigenvalue weighted by Gasteiger charge is 2.16. The summed E-state index contributed by atoms with van der Waals surface area (Å²) in [6, 6.07) is 14.1. The highest BCUT2D eigenvalue weighted by atomic mass is 35.5. The molecular formula is C18H19ClN4. The van der Waals surface area contributed by atoms with Crippen LogP contribution in [0.25, 0.3) is 17.1 Å². The molecule has 1 aromatic heterocycles. The Hall–Kier alpha value is -2.20. The van der Waals surface area contributed by atoms with Crippen LogP contribution in [-0.4, -0.2) is 20.2 Å². The van der Waals surface area contributed by atoms with E-state index in [4.69, 9.17) is 11.6 Å². The summed E-state index contributed by atoms with van der Waals surface area (Å²) in [5, 5.41) is 12.9. The van der Waals surface area contributed by atoms with E-state index in [1.54, 1.807) is 4.68 Å². The molecule has 1 heterocycles. The van der Waals surface area contributed by atoms with Crippen molar-refractivity contribution in [1.29, 1.82) is 0 Å². The van der Waals surface area contributed by atoms with E-state index in [1.807, 2.05) is 25.1 Å². The Kier molecular flexibility index (Phi) is 3.94. The van der Waals surface area contributed by atoms with Crippen molar-refractivity contribution in [1.82, 2.24) is 20.2 Å². The molecule has 118 valence electrons. The van der Waals surface area contributed by atoms with Gasteiger partial charge in [0.15, 0.2) is 5.82 Å². The number of tetrazole rings is 1. The number of hydrogen-bond acceptors (Lipinski definition) is 3. The molecule has 0 aliphatic heterocycles. The van der Waals surface area contributed by atoms with Crippen LogP contribution < -0.4 is 0 Å². The van der Waals surface area contributed by atoms with E-state index < -0.39 is 0 Å². The lowest BCUT2D eigenvalue weighted by molar-refractivity contribution is 0.590. The maximum Gasteiger partial charge on any atom is 0.187 e. The minimum absolute atomic E-state index is 0.119. The summed E-state index contributed by atoms with van der Waals surface area (Å²) in [7, 11) is 0. The minimum Gasteiger partial charge on any atom is -0.192 e. The smallest absolute Gasteiger partial charge is 0.187 e. The topological polar surface area (TPSA) is 43.6 Å². The fourth-order valence-electron chi connectivity index (χ4n) is 2.47. The molecule has 3 aromatic rings. The maximum absolute atomic E-state index is 6.22. The zero-order valence-electron chi connectivity index (χ0n) is 13.7. The average Bonchev–Trinajstić information content (AvgIpc) is 2.98. The zero-order chi connectivity index (χ0) is 16.6. The van der Waals surface area contributed by atoms with E-state index in [0.29, 0.717) is 10.8 Å². The number of rotatable bonds is 2. The van der Waals surface area contributed by atoms with Gasteiger partial charge in [-0.15, -0.1) is 5.10 Å². The first-order valence-electron chi connectivity index (χ1n) is 7.53. The third-order valence-corrected chi connectivity index (χ3v) is 4.36. The second kappa shape index (κ2) is 5.78. The van der Waals surface area contributed by atoms with Gasteiger partial charge in [0.25, 0.3) is 0 Å². The van der Waals surface area contributed by atoms with E-state index in [-0.39, 0.29) is 5.41 Å². The molecular weight excluding hydrogens is 308 g/mol. The molecule has 0 saturated heterocycles. The van der Waals surface area contributed by atoms with Gasteiger partial charge in [0.1, 0.15) is 0 Å². The summed E-state index contributed by atoms with van der Waals surface area (Å²) in [4.78, 5) is 0. The zero-order valence-corrected chi connectivity index (χ0v) is 14.5. The quantitative estimate of drug-likeness (QED) is 0.692. The van der Waals surface area contributed by atoms with Gasteiger partial charge in [-0.3, -0.25) is 0 Å². The number of hydrogen-bond donors (Lipinski definition) is 0. The molecule has 0 amide bonds. The van der Waals surface area contributed by atoms with Crippen LogP contribution in [0.1, 0.15) is 31.9 Å². The second-order valence-corrected chi connectivity index (χ2v) is 7.03. The molecule has 0 saturated carbocycles. The van der Waals surface area contributed by atoms with Crippen LogP contribution in [0.2, 0.25) is 5.02 Å². The normalized spacial score (nSPS) is 11.7. The molecule has 0 fully saturated rings. The van der Waals surface area contributed by atoms with Gasteiger partial charge in [0.2, 0.25) is 0 Å². The Labute approximate surface area is 141 Å². The lowest BCUT2D eigenvalue weighted by atomic mass is 9.87. The molecule has 23 heavy (non-hydrogen) atoms. The van der Waals surface area contributed by atoms with E-state index in [0.717, 1.165) is 16.8 Å². The number of benzene rings is 2. The number of aromatic nitrogens is 4. The van der Waals surface area contributed by atoms with Crippen molar-refractivity contribution in [2.24, 2.45) is 0 Å². The van der Waals surface area contributed by atoms with Crippen molar-refractivity contribution in [2.45, 2.75) is 33.1 Å². The van der Waals surface area contributed by atoms with Crippen LogP contribution in [0, 0.1) is 6.92 Å². The van der Waals surface area contributed by atoms with Gasteiger partial charge in [-0.25, -0.2) is 0 Å². The molecule has 0 aliphatic carbocycles. The van der Waals surface area contributed by atoms with Crippen molar-refractivity contribution in [3.8, 4) is 17.1 Å². The molecule has 0 aliphatic rings. The van der Waals surface area contributed by atoms with E-state index in [1.165, 1.54) is 5.56 Å². The van der Waals surface area contributed by atoms with Crippen molar-refractivity contribution in [2.75, 3.05) is 0 Å².